The first-order chi connectivity index (χ1) is 8.68. The number of alkyl halides is 3. The Balaban J connectivity index is 3.09. The van der Waals surface area contributed by atoms with E-state index in [1.165, 1.54) is 0 Å². The lowest BCUT2D eigenvalue weighted by molar-refractivity contribution is -0.140. The highest BCUT2D eigenvalue weighted by Gasteiger charge is 2.35. The molecule has 9 heteroatoms. The second kappa shape index (κ2) is 5.85. The molecule has 0 bridgehead atoms. The lowest BCUT2D eigenvalue weighted by Crippen LogP contribution is -2.26. The van der Waals surface area contributed by atoms with E-state index < -0.39 is 32.5 Å². The van der Waals surface area contributed by atoms with E-state index in [9.17, 15) is 26.0 Å². The number of nitrogens with two attached hydrogens (primary N) is 1. The van der Waals surface area contributed by atoms with Crippen LogP contribution >= 0.6 is 0 Å². The van der Waals surface area contributed by atoms with Crippen LogP contribution in [0.2, 0.25) is 0 Å². The van der Waals surface area contributed by atoms with E-state index >= 15 is 0 Å². The fourth-order valence-corrected chi connectivity index (χ4v) is 2.38. The highest BCUT2D eigenvalue weighted by Crippen LogP contribution is 2.32. The Hall–Kier alpha value is -1.19. The molecule has 0 saturated carbocycles. The van der Waals surface area contributed by atoms with Crippen molar-refractivity contribution in [2.75, 3.05) is 13.1 Å². The van der Waals surface area contributed by atoms with Crippen molar-refractivity contribution >= 4 is 10.0 Å². The molecule has 1 aromatic carbocycles. The largest absolute Gasteiger partial charge is 0.419 e. The molecule has 0 aliphatic rings. The van der Waals surface area contributed by atoms with E-state index in [2.05, 4.69) is 4.72 Å². The summed E-state index contributed by atoms with van der Waals surface area (Å²) in [7, 11) is -4.10. The van der Waals surface area contributed by atoms with E-state index in [4.69, 9.17) is 5.73 Å². The van der Waals surface area contributed by atoms with Gasteiger partial charge in [-0.1, -0.05) is 0 Å². The normalized spacial score (nSPS) is 12.7. The fourth-order valence-electron chi connectivity index (χ4n) is 1.28. The first-order valence-electron chi connectivity index (χ1n) is 5.25. The topological polar surface area (TPSA) is 72.2 Å². The first kappa shape index (κ1) is 15.9. The van der Waals surface area contributed by atoms with Crippen LogP contribution in [0.15, 0.2) is 23.1 Å². The van der Waals surface area contributed by atoms with Crippen LogP contribution in [0.25, 0.3) is 0 Å². The standard InChI is InChI=1S/C10H12F4N2O2S/c11-9-3-2-7(6-8(9)10(12,13)14)19(17,18)16-5-1-4-15/h2-3,6,16H,1,4-5,15H2. The molecule has 4 nitrogen and oxygen atoms in total. The van der Waals surface area contributed by atoms with Gasteiger partial charge in [-0.3, -0.25) is 0 Å². The highest BCUT2D eigenvalue weighted by atomic mass is 32.2. The van der Waals surface area contributed by atoms with Gasteiger partial charge in [0.2, 0.25) is 10.0 Å². The fraction of sp³-hybridized carbons (Fsp3) is 0.400. The van der Waals surface area contributed by atoms with Crippen LogP contribution in [-0.4, -0.2) is 21.5 Å². The number of benzene rings is 1. The van der Waals surface area contributed by atoms with Gasteiger partial charge in [-0.25, -0.2) is 17.5 Å². The molecule has 0 amide bonds. The van der Waals surface area contributed by atoms with E-state index in [0.717, 1.165) is 6.07 Å². The average molecular weight is 300 g/mol. The third-order valence-corrected chi connectivity index (χ3v) is 3.69. The lowest BCUT2D eigenvalue weighted by atomic mass is 10.2. The third-order valence-electron chi connectivity index (χ3n) is 2.23. The van der Waals surface area contributed by atoms with Crippen LogP contribution in [0.4, 0.5) is 17.6 Å². The molecule has 0 heterocycles. The van der Waals surface area contributed by atoms with Gasteiger partial charge in [-0.05, 0) is 31.2 Å². The maximum Gasteiger partial charge on any atom is 0.419 e. The van der Waals surface area contributed by atoms with Gasteiger partial charge in [-0.15, -0.1) is 0 Å². The summed E-state index contributed by atoms with van der Waals surface area (Å²) >= 11 is 0. The lowest BCUT2D eigenvalue weighted by Gasteiger charge is -2.11. The summed E-state index contributed by atoms with van der Waals surface area (Å²) in [5.74, 6) is -1.52. The molecule has 0 aliphatic carbocycles. The molecule has 1 aromatic rings. The SMILES string of the molecule is NCCCNS(=O)(=O)c1ccc(F)c(C(F)(F)F)c1. The first-order valence-corrected chi connectivity index (χ1v) is 6.73. The molecule has 0 spiro atoms. The van der Waals surface area contributed by atoms with Crippen LogP contribution < -0.4 is 10.5 Å². The summed E-state index contributed by atoms with van der Waals surface area (Å²) in [4.78, 5) is -0.641. The number of hydrogen-bond acceptors (Lipinski definition) is 3. The Morgan fingerprint density at radius 3 is 2.42 bits per heavy atom. The number of halogens is 4. The molecule has 19 heavy (non-hydrogen) atoms. The second-order valence-corrected chi connectivity index (χ2v) is 5.45. The van der Waals surface area contributed by atoms with Crippen molar-refractivity contribution < 1.29 is 26.0 Å². The summed E-state index contributed by atoms with van der Waals surface area (Å²) in [6.07, 6.45) is -4.61. The van der Waals surface area contributed by atoms with Gasteiger partial charge in [0.1, 0.15) is 5.82 Å². The van der Waals surface area contributed by atoms with E-state index in [1.807, 2.05) is 0 Å². The third kappa shape index (κ3) is 4.15. The van der Waals surface area contributed by atoms with Crippen molar-refractivity contribution in [3.05, 3.63) is 29.6 Å². The molecule has 0 unspecified atom stereocenters. The smallest absolute Gasteiger partial charge is 0.330 e. The van der Waals surface area contributed by atoms with Crippen LogP contribution in [0.1, 0.15) is 12.0 Å². The molecule has 0 aromatic heterocycles. The van der Waals surface area contributed by atoms with E-state index in [-0.39, 0.29) is 19.2 Å². The van der Waals surface area contributed by atoms with Crippen LogP contribution in [-0.2, 0) is 16.2 Å². The molecular weight excluding hydrogens is 288 g/mol. The second-order valence-electron chi connectivity index (χ2n) is 3.68. The van der Waals surface area contributed by atoms with Gasteiger partial charge < -0.3 is 5.73 Å². The molecule has 0 atom stereocenters. The zero-order valence-electron chi connectivity index (χ0n) is 9.67. The number of nitrogens with one attached hydrogen (secondary N) is 1. The van der Waals surface area contributed by atoms with Crippen molar-refractivity contribution in [2.24, 2.45) is 5.73 Å². The molecule has 0 fully saturated rings. The van der Waals surface area contributed by atoms with E-state index in [1.54, 1.807) is 0 Å². The van der Waals surface area contributed by atoms with Gasteiger partial charge in [0.25, 0.3) is 0 Å². The summed E-state index contributed by atoms with van der Waals surface area (Å²) in [6, 6.07) is 1.51. The summed E-state index contributed by atoms with van der Waals surface area (Å²) < 4.78 is 75.8. The molecule has 0 saturated heterocycles. The van der Waals surface area contributed by atoms with Crippen LogP contribution in [0.5, 0.6) is 0 Å². The minimum absolute atomic E-state index is 0.00242. The Labute approximate surface area is 107 Å². The summed E-state index contributed by atoms with van der Waals surface area (Å²) in [5, 5.41) is 0. The molecule has 0 aliphatic heterocycles. The van der Waals surface area contributed by atoms with Crippen LogP contribution in [0, 0.1) is 5.82 Å². The van der Waals surface area contributed by atoms with E-state index in [0.29, 0.717) is 12.5 Å². The molecule has 3 N–H and O–H groups in total. The van der Waals surface area contributed by atoms with Gasteiger partial charge in [-0.2, -0.15) is 13.2 Å². The molecule has 1 rings (SSSR count). The number of sulfonamides is 1. The van der Waals surface area contributed by atoms with Crippen molar-refractivity contribution in [3.8, 4) is 0 Å². The Morgan fingerprint density at radius 1 is 1.26 bits per heavy atom. The van der Waals surface area contributed by atoms with Crippen molar-refractivity contribution in [1.82, 2.24) is 4.72 Å². The maximum absolute atomic E-state index is 13.0. The summed E-state index contributed by atoms with van der Waals surface area (Å²) in [5.41, 5.74) is 3.55. The predicted molar refractivity (Wildman–Crippen MR) is 60.3 cm³/mol. The van der Waals surface area contributed by atoms with Crippen molar-refractivity contribution in [2.45, 2.75) is 17.5 Å². The Morgan fingerprint density at radius 2 is 1.89 bits per heavy atom. The van der Waals surface area contributed by atoms with Crippen molar-refractivity contribution in [3.63, 3.8) is 0 Å². The molecule has 108 valence electrons. The van der Waals surface area contributed by atoms with Gasteiger partial charge in [0.15, 0.2) is 0 Å². The molecular formula is C10H12F4N2O2S. The van der Waals surface area contributed by atoms with Gasteiger partial charge in [0, 0.05) is 6.54 Å². The number of hydrogen-bond donors (Lipinski definition) is 2. The quantitative estimate of drug-likeness (QED) is 0.639. The number of rotatable bonds is 5. The predicted octanol–water partition coefficient (Wildman–Crippen LogP) is 1.47. The highest BCUT2D eigenvalue weighted by molar-refractivity contribution is 7.89. The minimum atomic E-state index is -4.95. The molecule has 0 radical (unpaired) electrons. The zero-order valence-corrected chi connectivity index (χ0v) is 10.5. The Bertz CT molecular complexity index is 543. The van der Waals surface area contributed by atoms with Crippen molar-refractivity contribution in [1.29, 1.82) is 0 Å². The Kier molecular flexibility index (Phi) is 4.88. The average Bonchev–Trinajstić information content (AvgIpc) is 2.27. The van der Waals surface area contributed by atoms with Gasteiger partial charge >= 0.3 is 6.18 Å². The zero-order chi connectivity index (χ0) is 14.7. The minimum Gasteiger partial charge on any atom is -0.330 e. The van der Waals surface area contributed by atoms with Gasteiger partial charge in [0.05, 0.1) is 10.5 Å². The monoisotopic (exact) mass is 300 g/mol. The summed E-state index contributed by atoms with van der Waals surface area (Å²) in [6.45, 7) is 0.233. The maximum atomic E-state index is 13.0. The van der Waals surface area contributed by atoms with Crippen LogP contribution in [0.3, 0.4) is 0 Å².